The second-order valence-electron chi connectivity index (χ2n) is 3.00. The van der Waals surface area contributed by atoms with Gasteiger partial charge in [-0.15, -0.1) is 13.2 Å². The van der Waals surface area contributed by atoms with Crippen LogP contribution < -0.4 is 4.74 Å². The van der Waals surface area contributed by atoms with Crippen molar-refractivity contribution in [2.24, 2.45) is 0 Å². The summed E-state index contributed by atoms with van der Waals surface area (Å²) in [6.07, 6.45) is -5.15. The van der Waals surface area contributed by atoms with Crippen molar-refractivity contribution >= 4 is 48.0 Å². The van der Waals surface area contributed by atoms with Crippen molar-refractivity contribution in [3.05, 3.63) is 25.8 Å². The maximum atomic E-state index is 12.1. The van der Waals surface area contributed by atoms with E-state index in [1.807, 2.05) is 0 Å². The first kappa shape index (κ1) is 16.2. The molecule has 12 heteroatoms. The van der Waals surface area contributed by atoms with E-state index in [1.165, 1.54) is 22.6 Å². The van der Waals surface area contributed by atoms with E-state index in [1.54, 1.807) is 0 Å². The number of benzene rings is 1. The molecule has 0 saturated heterocycles. The molecule has 0 atom stereocenters. The number of nitro groups is 1. The first-order valence-corrected chi connectivity index (χ1v) is 7.49. The van der Waals surface area contributed by atoms with E-state index < -0.39 is 40.2 Å². The molecule has 0 aliphatic carbocycles. The molecule has 0 radical (unpaired) electrons. The zero-order valence-corrected chi connectivity index (χ0v) is 12.2. The molecule has 0 saturated carbocycles. The van der Waals surface area contributed by atoms with Crippen molar-refractivity contribution in [2.45, 2.75) is 11.3 Å². The molecule has 106 valence electrons. The lowest BCUT2D eigenvalue weighted by Crippen LogP contribution is -2.19. The van der Waals surface area contributed by atoms with Gasteiger partial charge in [0.15, 0.2) is 0 Å². The van der Waals surface area contributed by atoms with Crippen molar-refractivity contribution in [1.82, 2.24) is 0 Å². The summed E-state index contributed by atoms with van der Waals surface area (Å²) in [5.41, 5.74) is -1.15. The van der Waals surface area contributed by atoms with E-state index in [0.29, 0.717) is 6.07 Å². The van der Waals surface area contributed by atoms with Gasteiger partial charge in [-0.3, -0.25) is 10.1 Å². The van der Waals surface area contributed by atoms with Crippen LogP contribution in [0.25, 0.3) is 0 Å². The second kappa shape index (κ2) is 5.28. The van der Waals surface area contributed by atoms with Crippen molar-refractivity contribution in [3.8, 4) is 5.75 Å². The van der Waals surface area contributed by atoms with Gasteiger partial charge in [-0.2, -0.15) is 0 Å². The third-order valence-electron chi connectivity index (χ3n) is 1.69. The molecule has 0 aromatic heterocycles. The lowest BCUT2D eigenvalue weighted by Gasteiger charge is -2.11. The van der Waals surface area contributed by atoms with Crippen LogP contribution in [0.2, 0.25) is 0 Å². The number of alkyl halides is 3. The normalized spacial score (nSPS) is 12.3. The molecule has 0 aliphatic heterocycles. The molecule has 6 nitrogen and oxygen atoms in total. The van der Waals surface area contributed by atoms with Gasteiger partial charge in [-0.05, 0) is 28.7 Å². The van der Waals surface area contributed by atoms with Gasteiger partial charge in [0.1, 0.15) is 0 Å². The van der Waals surface area contributed by atoms with Crippen LogP contribution >= 0.6 is 33.3 Å². The predicted octanol–water partition coefficient (Wildman–Crippen LogP) is 3.03. The summed E-state index contributed by atoms with van der Waals surface area (Å²) in [5.74, 6) is -1.10. The maximum Gasteiger partial charge on any atom is 0.573 e. The summed E-state index contributed by atoms with van der Waals surface area (Å²) in [7, 11) is 0.660. The summed E-state index contributed by atoms with van der Waals surface area (Å²) in [6, 6.07) is 1.13. The number of hydrogen-bond acceptors (Lipinski definition) is 5. The Kier molecular flexibility index (Phi) is 4.51. The quantitative estimate of drug-likeness (QED) is 0.318. The SMILES string of the molecule is O=[N+]([O-])c1cc(S(=O)(=O)Cl)cc(I)c1OC(F)(F)F. The van der Waals surface area contributed by atoms with Crippen LogP contribution in [-0.4, -0.2) is 19.7 Å². The summed E-state index contributed by atoms with van der Waals surface area (Å²) >= 11 is 1.27. The van der Waals surface area contributed by atoms with Crippen LogP contribution in [-0.2, 0) is 9.05 Å². The number of hydrogen-bond donors (Lipinski definition) is 0. The van der Waals surface area contributed by atoms with Crippen LogP contribution in [0.15, 0.2) is 17.0 Å². The zero-order chi connectivity index (χ0) is 15.0. The number of halogens is 5. The van der Waals surface area contributed by atoms with E-state index in [4.69, 9.17) is 10.7 Å². The molecule has 0 N–H and O–H groups in total. The monoisotopic (exact) mass is 431 g/mol. The largest absolute Gasteiger partial charge is 0.573 e. The molecule has 0 unspecified atom stereocenters. The third kappa shape index (κ3) is 4.35. The Morgan fingerprint density at radius 2 is 1.89 bits per heavy atom. The van der Waals surface area contributed by atoms with Gasteiger partial charge in [0.2, 0.25) is 5.75 Å². The molecule has 1 aromatic rings. The molecule has 0 fully saturated rings. The summed E-state index contributed by atoms with van der Waals surface area (Å²) in [6.45, 7) is 0. The Hall–Kier alpha value is -0.820. The van der Waals surface area contributed by atoms with Gasteiger partial charge in [0, 0.05) is 16.7 Å². The number of nitrogens with zero attached hydrogens (tertiary/aromatic N) is 1. The topological polar surface area (TPSA) is 86.5 Å². The molecule has 1 rings (SSSR count). The highest BCUT2D eigenvalue weighted by atomic mass is 127. The number of ether oxygens (including phenoxy) is 1. The van der Waals surface area contributed by atoms with Crippen molar-refractivity contribution in [1.29, 1.82) is 0 Å². The lowest BCUT2D eigenvalue weighted by molar-refractivity contribution is -0.389. The standard InChI is InChI=1S/C7H2ClF3INO5S/c8-19(16,17)3-1-4(12)6(18-7(9,10)11)5(2-3)13(14)15/h1-2H. The van der Waals surface area contributed by atoms with Gasteiger partial charge in [0.25, 0.3) is 9.05 Å². The Morgan fingerprint density at radius 1 is 1.37 bits per heavy atom. The van der Waals surface area contributed by atoms with Crippen LogP contribution in [0, 0.1) is 13.7 Å². The summed E-state index contributed by atoms with van der Waals surface area (Å²) in [5, 5.41) is 10.7. The van der Waals surface area contributed by atoms with Gasteiger partial charge in [-0.1, -0.05) is 0 Å². The van der Waals surface area contributed by atoms with Crippen LogP contribution in [0.1, 0.15) is 0 Å². The average Bonchev–Trinajstić information content (AvgIpc) is 2.16. The number of rotatable bonds is 3. The van der Waals surface area contributed by atoms with Crippen LogP contribution in [0.3, 0.4) is 0 Å². The van der Waals surface area contributed by atoms with E-state index in [9.17, 15) is 31.7 Å². The van der Waals surface area contributed by atoms with Gasteiger partial charge in [0.05, 0.1) is 13.4 Å². The minimum atomic E-state index is -5.15. The lowest BCUT2D eigenvalue weighted by atomic mass is 10.3. The zero-order valence-electron chi connectivity index (χ0n) is 8.44. The van der Waals surface area contributed by atoms with Crippen LogP contribution in [0.4, 0.5) is 18.9 Å². The van der Waals surface area contributed by atoms with Gasteiger partial charge >= 0.3 is 12.0 Å². The highest BCUT2D eigenvalue weighted by Gasteiger charge is 2.36. The smallest absolute Gasteiger partial charge is 0.397 e. The molecule has 0 amide bonds. The fourth-order valence-electron chi connectivity index (χ4n) is 1.05. The molecular formula is C7H2ClF3INO5S. The van der Waals surface area contributed by atoms with E-state index in [-0.39, 0.29) is 0 Å². The number of nitro benzene ring substituents is 1. The van der Waals surface area contributed by atoms with Crippen molar-refractivity contribution < 1.29 is 31.2 Å². The first-order valence-electron chi connectivity index (χ1n) is 4.10. The Bertz CT molecular complexity index is 632. The minimum Gasteiger partial charge on any atom is -0.397 e. The second-order valence-corrected chi connectivity index (χ2v) is 6.72. The summed E-state index contributed by atoms with van der Waals surface area (Å²) in [4.78, 5) is 8.76. The molecule has 19 heavy (non-hydrogen) atoms. The molecule has 0 spiro atoms. The minimum absolute atomic E-state index is 0.394. The van der Waals surface area contributed by atoms with Crippen LogP contribution in [0.5, 0.6) is 5.75 Å². The van der Waals surface area contributed by atoms with E-state index in [2.05, 4.69) is 4.74 Å². The Labute approximate surface area is 122 Å². The van der Waals surface area contributed by atoms with Crippen molar-refractivity contribution in [2.75, 3.05) is 0 Å². The average molecular weight is 432 g/mol. The highest BCUT2D eigenvalue weighted by molar-refractivity contribution is 14.1. The molecule has 0 heterocycles. The maximum absolute atomic E-state index is 12.1. The first-order chi connectivity index (χ1) is 8.42. The van der Waals surface area contributed by atoms with Gasteiger partial charge in [-0.25, -0.2) is 8.42 Å². The fourth-order valence-corrected chi connectivity index (χ4v) is 2.76. The van der Waals surface area contributed by atoms with Gasteiger partial charge < -0.3 is 4.74 Å². The summed E-state index contributed by atoms with van der Waals surface area (Å²) < 4.78 is 61.5. The molecule has 1 aromatic carbocycles. The molecular weight excluding hydrogens is 429 g/mol. The fraction of sp³-hybridized carbons (Fsp3) is 0.143. The predicted molar refractivity (Wildman–Crippen MR) is 65.5 cm³/mol. The molecule has 0 aliphatic rings. The van der Waals surface area contributed by atoms with E-state index in [0.717, 1.165) is 6.07 Å². The van der Waals surface area contributed by atoms with E-state index >= 15 is 0 Å². The Morgan fingerprint density at radius 3 is 2.26 bits per heavy atom. The highest BCUT2D eigenvalue weighted by Crippen LogP contribution is 2.38. The Balaban J connectivity index is 3.53. The molecule has 0 bridgehead atoms. The van der Waals surface area contributed by atoms with Crippen molar-refractivity contribution in [3.63, 3.8) is 0 Å². The third-order valence-corrected chi connectivity index (χ3v) is 3.83.